The number of carboxylic acid groups (broad SMARTS) is 1. The van der Waals surface area contributed by atoms with Crippen LogP contribution in [-0.4, -0.2) is 60.7 Å². The SMILES string of the molecule is O=C(O)c1cn2c(c(O)c1=O)C(=O)N1CCCN(Cc3ccccn3)C1C2. The van der Waals surface area contributed by atoms with Gasteiger partial charge in [-0.3, -0.25) is 19.5 Å². The summed E-state index contributed by atoms with van der Waals surface area (Å²) in [4.78, 5) is 44.3. The summed E-state index contributed by atoms with van der Waals surface area (Å²) in [7, 11) is 0. The van der Waals surface area contributed by atoms with Gasteiger partial charge in [-0.2, -0.15) is 0 Å². The van der Waals surface area contributed by atoms with E-state index in [-0.39, 0.29) is 18.4 Å². The molecule has 2 N–H and O–H groups in total. The van der Waals surface area contributed by atoms with Gasteiger partial charge in [0.25, 0.3) is 5.91 Å². The van der Waals surface area contributed by atoms with Gasteiger partial charge in [0.05, 0.1) is 12.2 Å². The second-order valence-electron chi connectivity index (χ2n) is 6.65. The van der Waals surface area contributed by atoms with E-state index >= 15 is 0 Å². The summed E-state index contributed by atoms with van der Waals surface area (Å²) in [6.07, 6.45) is 3.31. The predicted octanol–water partition coefficient (Wildman–Crippen LogP) is 0.335. The highest BCUT2D eigenvalue weighted by atomic mass is 16.4. The molecule has 2 aliphatic rings. The van der Waals surface area contributed by atoms with Crippen LogP contribution in [0.3, 0.4) is 0 Å². The zero-order valence-electron chi connectivity index (χ0n) is 14.4. The van der Waals surface area contributed by atoms with Crippen LogP contribution in [-0.2, 0) is 13.1 Å². The highest BCUT2D eigenvalue weighted by molar-refractivity contribution is 5.97. The Kier molecular flexibility index (Phi) is 4.15. The zero-order valence-corrected chi connectivity index (χ0v) is 14.4. The molecule has 140 valence electrons. The molecule has 0 aromatic carbocycles. The molecule has 0 radical (unpaired) electrons. The number of aromatic carboxylic acids is 1. The Bertz CT molecular complexity index is 972. The molecule has 2 aliphatic heterocycles. The number of nitrogens with zero attached hydrogens (tertiary/aromatic N) is 4. The van der Waals surface area contributed by atoms with Crippen molar-refractivity contribution in [2.45, 2.75) is 25.7 Å². The van der Waals surface area contributed by atoms with E-state index in [1.54, 1.807) is 11.1 Å². The third-order valence-corrected chi connectivity index (χ3v) is 5.03. The molecule has 9 nitrogen and oxygen atoms in total. The van der Waals surface area contributed by atoms with E-state index in [0.717, 1.165) is 24.9 Å². The van der Waals surface area contributed by atoms with Gasteiger partial charge in [0, 0.05) is 32.0 Å². The van der Waals surface area contributed by atoms with Gasteiger partial charge in [-0.25, -0.2) is 4.79 Å². The molecule has 0 saturated carbocycles. The number of pyridine rings is 2. The molecule has 1 amide bonds. The van der Waals surface area contributed by atoms with Crippen molar-refractivity contribution < 1.29 is 19.8 Å². The normalized spacial score (nSPS) is 19.5. The monoisotopic (exact) mass is 370 g/mol. The van der Waals surface area contributed by atoms with Crippen molar-refractivity contribution in [1.29, 1.82) is 0 Å². The summed E-state index contributed by atoms with van der Waals surface area (Å²) in [6, 6.07) is 5.63. The molecule has 2 aromatic heterocycles. The molecule has 1 atom stereocenters. The molecule has 2 aromatic rings. The number of carbonyl (C=O) groups is 2. The number of carboxylic acids is 1. The zero-order chi connectivity index (χ0) is 19.1. The highest BCUT2D eigenvalue weighted by Crippen LogP contribution is 2.28. The third kappa shape index (κ3) is 2.85. The third-order valence-electron chi connectivity index (χ3n) is 5.03. The fraction of sp³-hybridized carbons (Fsp3) is 0.333. The first-order valence-corrected chi connectivity index (χ1v) is 8.62. The van der Waals surface area contributed by atoms with Crippen LogP contribution >= 0.6 is 0 Å². The Morgan fingerprint density at radius 3 is 2.78 bits per heavy atom. The second-order valence-corrected chi connectivity index (χ2v) is 6.65. The number of aromatic hydroxyl groups is 1. The van der Waals surface area contributed by atoms with Crippen LogP contribution in [0.4, 0.5) is 0 Å². The Labute approximate surface area is 154 Å². The standard InChI is InChI=1S/C18H18N4O5/c23-15-12(18(26)27)9-21-10-13-20(8-11-4-1-2-5-19-11)6-3-7-22(13)17(25)14(21)16(15)24/h1-2,4-5,9,13,24H,3,6-8,10H2,(H,26,27). The number of amides is 1. The lowest BCUT2D eigenvalue weighted by atomic mass is 10.1. The van der Waals surface area contributed by atoms with Gasteiger partial charge in [0.15, 0.2) is 11.4 Å². The molecule has 1 fully saturated rings. The quantitative estimate of drug-likeness (QED) is 0.800. The maximum Gasteiger partial charge on any atom is 0.341 e. The molecule has 1 saturated heterocycles. The molecule has 1 unspecified atom stereocenters. The molecule has 4 rings (SSSR count). The lowest BCUT2D eigenvalue weighted by Gasteiger charge is -2.47. The number of aromatic nitrogens is 2. The Morgan fingerprint density at radius 2 is 2.07 bits per heavy atom. The van der Waals surface area contributed by atoms with Gasteiger partial charge >= 0.3 is 5.97 Å². The van der Waals surface area contributed by atoms with Gasteiger partial charge in [0.1, 0.15) is 11.7 Å². The minimum Gasteiger partial charge on any atom is -0.503 e. The van der Waals surface area contributed by atoms with Crippen LogP contribution in [0.2, 0.25) is 0 Å². The van der Waals surface area contributed by atoms with E-state index in [1.807, 2.05) is 18.2 Å². The molecule has 0 spiro atoms. The molecular formula is C18H18N4O5. The van der Waals surface area contributed by atoms with Crippen molar-refractivity contribution in [3.05, 3.63) is 57.8 Å². The van der Waals surface area contributed by atoms with Crippen LogP contribution in [0.5, 0.6) is 5.75 Å². The van der Waals surface area contributed by atoms with Crippen LogP contribution in [0, 0.1) is 0 Å². The first-order chi connectivity index (χ1) is 13.0. The van der Waals surface area contributed by atoms with Crippen LogP contribution in [0.25, 0.3) is 0 Å². The lowest BCUT2D eigenvalue weighted by Crippen LogP contribution is -2.60. The summed E-state index contributed by atoms with van der Waals surface area (Å²) in [6.45, 7) is 2.08. The summed E-state index contributed by atoms with van der Waals surface area (Å²) in [5, 5.41) is 19.4. The predicted molar refractivity (Wildman–Crippen MR) is 93.4 cm³/mol. The summed E-state index contributed by atoms with van der Waals surface area (Å²) < 4.78 is 1.38. The summed E-state index contributed by atoms with van der Waals surface area (Å²) in [5.41, 5.74) is -0.875. The highest BCUT2D eigenvalue weighted by Gasteiger charge is 2.40. The number of hydrogen-bond acceptors (Lipinski definition) is 6. The number of carbonyl (C=O) groups excluding carboxylic acids is 1. The van der Waals surface area contributed by atoms with Crippen LogP contribution < -0.4 is 5.43 Å². The fourth-order valence-electron chi connectivity index (χ4n) is 3.76. The minimum atomic E-state index is -1.44. The molecule has 9 heteroatoms. The molecule has 4 heterocycles. The first-order valence-electron chi connectivity index (χ1n) is 8.62. The number of rotatable bonds is 3. The van der Waals surface area contributed by atoms with E-state index in [4.69, 9.17) is 0 Å². The smallest absolute Gasteiger partial charge is 0.341 e. The van der Waals surface area contributed by atoms with Crippen molar-refractivity contribution >= 4 is 11.9 Å². The van der Waals surface area contributed by atoms with Crippen LogP contribution in [0.1, 0.15) is 33.0 Å². The number of fused-ring (bicyclic) bond motifs is 2. The first kappa shape index (κ1) is 17.2. The average molecular weight is 370 g/mol. The van der Waals surface area contributed by atoms with Crippen molar-refractivity contribution in [3.63, 3.8) is 0 Å². The van der Waals surface area contributed by atoms with E-state index in [9.17, 15) is 24.6 Å². The average Bonchev–Trinajstić information content (AvgIpc) is 2.66. The summed E-state index contributed by atoms with van der Waals surface area (Å²) >= 11 is 0. The number of hydrogen-bond donors (Lipinski definition) is 2. The Hall–Kier alpha value is -3.20. The van der Waals surface area contributed by atoms with E-state index in [1.165, 1.54) is 4.57 Å². The maximum absolute atomic E-state index is 12.9. The molecule has 0 bridgehead atoms. The Balaban J connectivity index is 1.73. The van der Waals surface area contributed by atoms with Crippen molar-refractivity contribution in [1.82, 2.24) is 19.4 Å². The second kappa shape index (κ2) is 6.51. The van der Waals surface area contributed by atoms with Gasteiger partial charge in [-0.05, 0) is 18.6 Å². The summed E-state index contributed by atoms with van der Waals surface area (Å²) in [5.74, 6) is -2.71. The largest absolute Gasteiger partial charge is 0.503 e. The van der Waals surface area contributed by atoms with Crippen molar-refractivity contribution in [2.24, 2.45) is 0 Å². The van der Waals surface area contributed by atoms with Crippen LogP contribution in [0.15, 0.2) is 35.4 Å². The van der Waals surface area contributed by atoms with E-state index < -0.39 is 28.6 Å². The lowest BCUT2D eigenvalue weighted by molar-refractivity contribution is -0.0145. The maximum atomic E-state index is 12.9. The Morgan fingerprint density at radius 1 is 1.26 bits per heavy atom. The molecule has 0 aliphatic carbocycles. The fourth-order valence-corrected chi connectivity index (χ4v) is 3.76. The van der Waals surface area contributed by atoms with Gasteiger partial charge in [-0.1, -0.05) is 6.07 Å². The topological polar surface area (TPSA) is 116 Å². The van der Waals surface area contributed by atoms with Crippen molar-refractivity contribution in [2.75, 3.05) is 13.1 Å². The van der Waals surface area contributed by atoms with Gasteiger partial charge < -0.3 is 19.7 Å². The van der Waals surface area contributed by atoms with Gasteiger partial charge in [0.2, 0.25) is 5.43 Å². The van der Waals surface area contributed by atoms with E-state index in [0.29, 0.717) is 13.1 Å². The van der Waals surface area contributed by atoms with Crippen molar-refractivity contribution in [3.8, 4) is 5.75 Å². The minimum absolute atomic E-state index is 0.152. The molecular weight excluding hydrogens is 352 g/mol. The van der Waals surface area contributed by atoms with Gasteiger partial charge in [-0.15, -0.1) is 0 Å². The molecule has 27 heavy (non-hydrogen) atoms. The van der Waals surface area contributed by atoms with E-state index in [2.05, 4.69) is 9.88 Å².